The lowest BCUT2D eigenvalue weighted by atomic mass is 10.2. The van der Waals surface area contributed by atoms with Crippen LogP contribution < -0.4 is 5.32 Å². The van der Waals surface area contributed by atoms with Crippen molar-refractivity contribution in [2.24, 2.45) is 0 Å². The molecule has 0 unspecified atom stereocenters. The fourth-order valence-corrected chi connectivity index (χ4v) is 1.97. The maximum absolute atomic E-state index is 12.5. The third kappa shape index (κ3) is 3.96. The molecule has 1 aromatic heterocycles. The summed E-state index contributed by atoms with van der Waals surface area (Å²) in [5.74, 6) is 0. The van der Waals surface area contributed by atoms with Crippen LogP contribution in [0.25, 0.3) is 0 Å². The zero-order valence-electron chi connectivity index (χ0n) is 9.71. The average Bonchev–Trinajstić information content (AvgIpc) is 2.36. The van der Waals surface area contributed by atoms with Crippen molar-refractivity contribution in [2.75, 3.05) is 5.32 Å². The summed E-state index contributed by atoms with van der Waals surface area (Å²) in [4.78, 5) is 3.99. The first-order chi connectivity index (χ1) is 8.95. The van der Waals surface area contributed by atoms with Gasteiger partial charge in [0, 0.05) is 29.1 Å². The first-order valence-corrected chi connectivity index (χ1v) is 6.25. The van der Waals surface area contributed by atoms with Crippen molar-refractivity contribution in [3.8, 4) is 0 Å². The Labute approximate surface area is 116 Å². The molecule has 2 aromatic rings. The number of nitrogens with one attached hydrogen (secondary N) is 1. The molecule has 0 amide bonds. The van der Waals surface area contributed by atoms with Crippen LogP contribution in [0.4, 0.5) is 18.9 Å². The zero-order chi connectivity index (χ0) is 13.9. The summed E-state index contributed by atoms with van der Waals surface area (Å²) in [6.45, 7) is 0.410. The minimum absolute atomic E-state index is 0.410. The van der Waals surface area contributed by atoms with Crippen LogP contribution in [-0.4, -0.2) is 4.98 Å². The smallest absolute Gasteiger partial charge is 0.381 e. The van der Waals surface area contributed by atoms with Gasteiger partial charge < -0.3 is 5.32 Å². The van der Waals surface area contributed by atoms with Crippen molar-refractivity contribution in [3.63, 3.8) is 0 Å². The molecule has 0 bridgehead atoms. The summed E-state index contributed by atoms with van der Waals surface area (Å²) in [6.07, 6.45) is -1.02. The fourth-order valence-electron chi connectivity index (χ4n) is 1.56. The molecule has 0 atom stereocenters. The fraction of sp³-hybridized carbons (Fsp3) is 0.154. The summed E-state index contributed by atoms with van der Waals surface area (Å²) in [5, 5.41) is 2.94. The number of benzene rings is 1. The van der Waals surface area contributed by atoms with Crippen molar-refractivity contribution in [1.29, 1.82) is 0 Å². The van der Waals surface area contributed by atoms with Crippen molar-refractivity contribution >= 4 is 21.6 Å². The van der Waals surface area contributed by atoms with E-state index >= 15 is 0 Å². The van der Waals surface area contributed by atoms with Crippen LogP contribution in [0, 0.1) is 0 Å². The molecule has 6 heteroatoms. The standard InChI is InChI=1S/C13H10BrF3N2/c14-11-4-9(6-18-8-11)7-19-12-3-1-2-10(5-12)13(15,16)17/h1-6,8,19H,7H2. The van der Waals surface area contributed by atoms with Gasteiger partial charge in [-0.3, -0.25) is 4.98 Å². The van der Waals surface area contributed by atoms with Gasteiger partial charge >= 0.3 is 6.18 Å². The normalized spacial score (nSPS) is 11.4. The predicted molar refractivity (Wildman–Crippen MR) is 70.7 cm³/mol. The number of halogens is 4. The lowest BCUT2D eigenvalue weighted by Gasteiger charge is -2.10. The van der Waals surface area contributed by atoms with Gasteiger partial charge in [0.25, 0.3) is 0 Å². The zero-order valence-corrected chi connectivity index (χ0v) is 11.3. The van der Waals surface area contributed by atoms with Crippen LogP contribution in [-0.2, 0) is 12.7 Å². The maximum Gasteiger partial charge on any atom is 0.416 e. The Balaban J connectivity index is 2.08. The molecular formula is C13H10BrF3N2. The number of nitrogens with zero attached hydrogens (tertiary/aromatic N) is 1. The molecule has 0 aliphatic heterocycles. The second-order valence-corrected chi connectivity index (χ2v) is 4.86. The summed E-state index contributed by atoms with van der Waals surface area (Å²) in [7, 11) is 0. The summed E-state index contributed by atoms with van der Waals surface area (Å²) < 4.78 is 38.4. The number of anilines is 1. The highest BCUT2D eigenvalue weighted by molar-refractivity contribution is 9.10. The molecule has 2 nitrogen and oxygen atoms in total. The second kappa shape index (κ2) is 5.61. The number of rotatable bonds is 3. The molecular weight excluding hydrogens is 321 g/mol. The maximum atomic E-state index is 12.5. The van der Waals surface area contributed by atoms with Crippen LogP contribution in [0.15, 0.2) is 47.2 Å². The van der Waals surface area contributed by atoms with E-state index in [0.717, 1.165) is 22.2 Å². The van der Waals surface area contributed by atoms with E-state index in [2.05, 4.69) is 26.2 Å². The van der Waals surface area contributed by atoms with Gasteiger partial charge in [-0.25, -0.2) is 0 Å². The minimum Gasteiger partial charge on any atom is -0.381 e. The molecule has 1 heterocycles. The number of pyridine rings is 1. The second-order valence-electron chi connectivity index (χ2n) is 3.94. The van der Waals surface area contributed by atoms with Crippen LogP contribution in [0.3, 0.4) is 0 Å². The highest BCUT2D eigenvalue weighted by atomic mass is 79.9. The van der Waals surface area contributed by atoms with E-state index in [9.17, 15) is 13.2 Å². The molecule has 0 fully saturated rings. The van der Waals surface area contributed by atoms with Gasteiger partial charge in [0.15, 0.2) is 0 Å². The number of aromatic nitrogens is 1. The van der Waals surface area contributed by atoms with Gasteiger partial charge in [0.2, 0.25) is 0 Å². The summed E-state index contributed by atoms with van der Waals surface area (Å²) >= 11 is 3.29. The van der Waals surface area contributed by atoms with Gasteiger partial charge in [-0.2, -0.15) is 13.2 Å². The Morgan fingerprint density at radius 1 is 1.16 bits per heavy atom. The number of hydrogen-bond donors (Lipinski definition) is 1. The largest absolute Gasteiger partial charge is 0.416 e. The van der Waals surface area contributed by atoms with Crippen LogP contribution in [0.1, 0.15) is 11.1 Å². The SMILES string of the molecule is FC(F)(F)c1cccc(NCc2cncc(Br)c2)c1. The van der Waals surface area contributed by atoms with Gasteiger partial charge in [0.05, 0.1) is 5.56 Å². The lowest BCUT2D eigenvalue weighted by Crippen LogP contribution is -2.06. The lowest BCUT2D eigenvalue weighted by molar-refractivity contribution is -0.137. The summed E-state index contributed by atoms with van der Waals surface area (Å²) in [5.41, 5.74) is 0.645. The predicted octanol–water partition coefficient (Wildman–Crippen LogP) is 4.48. The Morgan fingerprint density at radius 3 is 2.63 bits per heavy atom. The molecule has 0 aliphatic carbocycles. The van der Waals surface area contributed by atoms with Crippen LogP contribution in [0.2, 0.25) is 0 Å². The Kier molecular flexibility index (Phi) is 4.09. The molecule has 100 valence electrons. The topological polar surface area (TPSA) is 24.9 Å². The van der Waals surface area contributed by atoms with Crippen molar-refractivity contribution in [2.45, 2.75) is 12.7 Å². The first kappa shape index (κ1) is 13.9. The third-order valence-corrected chi connectivity index (χ3v) is 2.88. The quantitative estimate of drug-likeness (QED) is 0.897. The van der Waals surface area contributed by atoms with Gasteiger partial charge in [-0.15, -0.1) is 0 Å². The van der Waals surface area contributed by atoms with E-state index in [0.29, 0.717) is 12.2 Å². The van der Waals surface area contributed by atoms with Gasteiger partial charge in [-0.1, -0.05) is 6.07 Å². The first-order valence-electron chi connectivity index (χ1n) is 5.46. The van der Waals surface area contributed by atoms with Crippen LogP contribution >= 0.6 is 15.9 Å². The molecule has 2 rings (SSSR count). The van der Waals surface area contributed by atoms with Gasteiger partial charge in [0.1, 0.15) is 0 Å². The molecule has 1 N–H and O–H groups in total. The van der Waals surface area contributed by atoms with Crippen LogP contribution in [0.5, 0.6) is 0 Å². The number of hydrogen-bond acceptors (Lipinski definition) is 2. The van der Waals surface area contributed by atoms with E-state index in [1.165, 1.54) is 6.07 Å². The molecule has 0 spiro atoms. The van der Waals surface area contributed by atoms with Gasteiger partial charge in [-0.05, 0) is 45.8 Å². The molecule has 19 heavy (non-hydrogen) atoms. The molecule has 0 aliphatic rings. The molecule has 0 radical (unpaired) electrons. The highest BCUT2D eigenvalue weighted by Gasteiger charge is 2.30. The monoisotopic (exact) mass is 330 g/mol. The summed E-state index contributed by atoms with van der Waals surface area (Å²) in [6, 6.07) is 6.97. The molecule has 0 saturated heterocycles. The third-order valence-electron chi connectivity index (χ3n) is 2.45. The van der Waals surface area contributed by atoms with Crippen molar-refractivity contribution in [1.82, 2.24) is 4.98 Å². The van der Waals surface area contributed by atoms with E-state index < -0.39 is 11.7 Å². The Morgan fingerprint density at radius 2 is 1.95 bits per heavy atom. The Hall–Kier alpha value is -1.56. The van der Waals surface area contributed by atoms with Crippen molar-refractivity contribution in [3.05, 3.63) is 58.3 Å². The van der Waals surface area contributed by atoms with E-state index in [1.54, 1.807) is 18.5 Å². The average molecular weight is 331 g/mol. The van der Waals surface area contributed by atoms with Crippen molar-refractivity contribution < 1.29 is 13.2 Å². The highest BCUT2D eigenvalue weighted by Crippen LogP contribution is 2.30. The molecule has 0 saturated carbocycles. The molecule has 1 aromatic carbocycles. The Bertz CT molecular complexity index is 570. The van der Waals surface area contributed by atoms with E-state index in [4.69, 9.17) is 0 Å². The van der Waals surface area contributed by atoms with E-state index in [-0.39, 0.29) is 0 Å². The number of alkyl halides is 3. The van der Waals surface area contributed by atoms with E-state index in [1.807, 2.05) is 6.07 Å². The minimum atomic E-state index is -4.32.